The number of carbonyl (C=O) groups excluding carboxylic acids is 1. The first-order valence-corrected chi connectivity index (χ1v) is 10.5. The van der Waals surface area contributed by atoms with E-state index in [0.29, 0.717) is 35.5 Å². The minimum Gasteiger partial charge on any atom is -0.378 e. The summed E-state index contributed by atoms with van der Waals surface area (Å²) in [5.41, 5.74) is 1.84. The number of halogens is 1. The lowest BCUT2D eigenvalue weighted by atomic mass is 10.1. The molecule has 2 aromatic rings. The monoisotopic (exact) mass is 433 g/mol. The maximum Gasteiger partial charge on any atom is 0.242 e. The number of anilines is 2. The fraction of sp³-hybridized carbons (Fsp3) is 0.450. The van der Waals surface area contributed by atoms with Crippen LogP contribution in [0, 0.1) is 18.3 Å². The molecule has 1 aromatic heterocycles. The van der Waals surface area contributed by atoms with Crippen molar-refractivity contribution < 1.29 is 9.53 Å². The van der Waals surface area contributed by atoms with Crippen LogP contribution in [0.25, 0.3) is 0 Å². The van der Waals surface area contributed by atoms with E-state index in [1.54, 1.807) is 4.90 Å². The number of morpholine rings is 1. The van der Waals surface area contributed by atoms with Crippen molar-refractivity contribution in [3.05, 3.63) is 39.2 Å². The van der Waals surface area contributed by atoms with Gasteiger partial charge in [-0.15, -0.1) is 0 Å². The number of benzene rings is 1. The number of amides is 1. The summed E-state index contributed by atoms with van der Waals surface area (Å²) in [4.78, 5) is 23.7. The highest BCUT2D eigenvalue weighted by Crippen LogP contribution is 2.33. The molecule has 1 amide bonds. The van der Waals surface area contributed by atoms with E-state index in [4.69, 9.17) is 21.3 Å². The standard InChI is InChI=1S/C20H24ClN5O2S/c1-14-15(5-4-6-16(14)21)12-26(18(27)13-24(2)3)19-17(11-22)29-20(23-19)25-7-9-28-10-8-25/h4-6H,7-10,12-13H2,1-3H3. The fourth-order valence-electron chi connectivity index (χ4n) is 3.08. The molecule has 0 saturated carbocycles. The van der Waals surface area contributed by atoms with E-state index in [-0.39, 0.29) is 12.5 Å². The highest BCUT2D eigenvalue weighted by molar-refractivity contribution is 7.16. The van der Waals surface area contributed by atoms with Gasteiger partial charge in [-0.1, -0.05) is 35.1 Å². The van der Waals surface area contributed by atoms with Gasteiger partial charge in [0.05, 0.1) is 26.3 Å². The second-order valence-corrected chi connectivity index (χ2v) is 8.49. The summed E-state index contributed by atoms with van der Waals surface area (Å²) >= 11 is 7.59. The molecule has 0 N–H and O–H groups in total. The third-order valence-corrected chi connectivity index (χ3v) is 6.12. The maximum absolute atomic E-state index is 13.1. The lowest BCUT2D eigenvalue weighted by Crippen LogP contribution is -2.38. The van der Waals surface area contributed by atoms with E-state index in [2.05, 4.69) is 11.0 Å². The summed E-state index contributed by atoms with van der Waals surface area (Å²) in [5.74, 6) is 0.287. The van der Waals surface area contributed by atoms with Crippen molar-refractivity contribution in [2.45, 2.75) is 13.5 Å². The van der Waals surface area contributed by atoms with Gasteiger partial charge in [-0.05, 0) is 38.2 Å². The van der Waals surface area contributed by atoms with Gasteiger partial charge in [0.25, 0.3) is 0 Å². The zero-order chi connectivity index (χ0) is 21.0. The SMILES string of the molecule is Cc1c(Cl)cccc1CN(C(=O)CN(C)C)c1nc(N2CCOCC2)sc1C#N. The molecule has 0 atom stereocenters. The van der Waals surface area contributed by atoms with Crippen molar-refractivity contribution in [1.82, 2.24) is 9.88 Å². The minimum absolute atomic E-state index is 0.121. The number of ether oxygens (including phenoxy) is 1. The highest BCUT2D eigenvalue weighted by Gasteiger charge is 2.27. The summed E-state index contributed by atoms with van der Waals surface area (Å²) in [6.45, 7) is 5.14. The minimum atomic E-state index is -0.121. The smallest absolute Gasteiger partial charge is 0.242 e. The molecule has 0 radical (unpaired) electrons. The average Bonchev–Trinajstić information content (AvgIpc) is 3.13. The molecule has 9 heteroatoms. The molecule has 0 unspecified atom stereocenters. The molecule has 1 aliphatic rings. The number of nitriles is 1. The van der Waals surface area contributed by atoms with E-state index >= 15 is 0 Å². The number of carbonyl (C=O) groups is 1. The first-order valence-electron chi connectivity index (χ1n) is 9.33. The van der Waals surface area contributed by atoms with E-state index in [0.717, 1.165) is 29.3 Å². The Morgan fingerprint density at radius 3 is 2.76 bits per heavy atom. The number of hydrogen-bond donors (Lipinski definition) is 0. The molecule has 1 aromatic carbocycles. The molecule has 2 heterocycles. The van der Waals surface area contributed by atoms with Crippen molar-refractivity contribution in [2.24, 2.45) is 0 Å². The van der Waals surface area contributed by atoms with Gasteiger partial charge in [0.1, 0.15) is 6.07 Å². The molecule has 7 nitrogen and oxygen atoms in total. The van der Waals surface area contributed by atoms with Crippen LogP contribution in [0.3, 0.4) is 0 Å². The molecule has 1 aliphatic heterocycles. The fourth-order valence-corrected chi connectivity index (χ4v) is 4.19. The van der Waals surface area contributed by atoms with E-state index < -0.39 is 0 Å². The van der Waals surface area contributed by atoms with Crippen molar-refractivity contribution >= 4 is 39.8 Å². The summed E-state index contributed by atoms with van der Waals surface area (Å²) in [7, 11) is 3.68. The average molecular weight is 434 g/mol. The Bertz CT molecular complexity index is 918. The summed E-state index contributed by atoms with van der Waals surface area (Å²) in [6.07, 6.45) is 0. The molecule has 1 fully saturated rings. The largest absolute Gasteiger partial charge is 0.378 e. The maximum atomic E-state index is 13.1. The number of rotatable bonds is 6. The zero-order valence-electron chi connectivity index (χ0n) is 16.8. The predicted octanol–water partition coefficient (Wildman–Crippen LogP) is 2.91. The van der Waals surface area contributed by atoms with Crippen molar-refractivity contribution in [3.8, 4) is 6.07 Å². The number of aromatic nitrogens is 1. The van der Waals surface area contributed by atoms with Gasteiger partial charge in [-0.2, -0.15) is 5.26 Å². The normalized spacial score (nSPS) is 14.1. The van der Waals surface area contributed by atoms with E-state index in [1.807, 2.05) is 44.1 Å². The van der Waals surface area contributed by atoms with Crippen LogP contribution in [0.1, 0.15) is 16.0 Å². The number of thiazole rings is 1. The first kappa shape index (κ1) is 21.5. The van der Waals surface area contributed by atoms with Gasteiger partial charge in [-0.3, -0.25) is 9.69 Å². The van der Waals surface area contributed by atoms with Gasteiger partial charge < -0.3 is 14.5 Å². The predicted molar refractivity (Wildman–Crippen MR) is 116 cm³/mol. The Balaban J connectivity index is 1.99. The Morgan fingerprint density at radius 1 is 1.38 bits per heavy atom. The highest BCUT2D eigenvalue weighted by atomic mass is 35.5. The zero-order valence-corrected chi connectivity index (χ0v) is 18.4. The summed E-state index contributed by atoms with van der Waals surface area (Å²) in [5, 5.41) is 11.1. The number of hydrogen-bond acceptors (Lipinski definition) is 7. The Morgan fingerprint density at radius 2 is 2.10 bits per heavy atom. The topological polar surface area (TPSA) is 72.7 Å². The van der Waals surface area contributed by atoms with Crippen LogP contribution >= 0.6 is 22.9 Å². The van der Waals surface area contributed by atoms with Gasteiger partial charge >= 0.3 is 0 Å². The number of nitrogens with zero attached hydrogens (tertiary/aromatic N) is 5. The Hall–Kier alpha value is -2.18. The van der Waals surface area contributed by atoms with Gasteiger partial charge in [0.2, 0.25) is 5.91 Å². The van der Waals surface area contributed by atoms with Crippen LogP contribution in [-0.2, 0) is 16.1 Å². The van der Waals surface area contributed by atoms with Gasteiger partial charge in [0.15, 0.2) is 15.8 Å². The Kier molecular flexibility index (Phi) is 7.09. The lowest BCUT2D eigenvalue weighted by Gasteiger charge is -2.26. The van der Waals surface area contributed by atoms with Crippen LogP contribution in [-0.4, -0.2) is 62.7 Å². The third kappa shape index (κ3) is 5.06. The molecular weight excluding hydrogens is 410 g/mol. The van der Waals surface area contributed by atoms with E-state index in [9.17, 15) is 10.1 Å². The van der Waals surface area contributed by atoms with Gasteiger partial charge in [0, 0.05) is 18.1 Å². The van der Waals surface area contributed by atoms with Crippen molar-refractivity contribution in [1.29, 1.82) is 5.26 Å². The molecule has 0 bridgehead atoms. The Labute approximate surface area is 180 Å². The van der Waals surface area contributed by atoms with Crippen molar-refractivity contribution in [3.63, 3.8) is 0 Å². The first-order chi connectivity index (χ1) is 13.9. The summed E-state index contributed by atoms with van der Waals surface area (Å²) in [6, 6.07) is 7.85. The quantitative estimate of drug-likeness (QED) is 0.697. The second kappa shape index (κ2) is 9.55. The van der Waals surface area contributed by atoms with Crippen LogP contribution < -0.4 is 9.80 Å². The van der Waals surface area contributed by atoms with Crippen LogP contribution in [0.4, 0.5) is 10.9 Å². The molecule has 154 valence electrons. The third-order valence-electron chi connectivity index (χ3n) is 4.70. The molecule has 29 heavy (non-hydrogen) atoms. The molecule has 0 spiro atoms. The van der Waals surface area contributed by atoms with Crippen LogP contribution in [0.2, 0.25) is 5.02 Å². The summed E-state index contributed by atoms with van der Waals surface area (Å²) < 4.78 is 5.41. The molecule has 1 saturated heterocycles. The lowest BCUT2D eigenvalue weighted by molar-refractivity contribution is -0.119. The second-order valence-electron chi connectivity index (χ2n) is 7.10. The van der Waals surface area contributed by atoms with E-state index in [1.165, 1.54) is 11.3 Å². The number of likely N-dealkylation sites (N-methyl/N-ethyl adjacent to an activating group) is 1. The van der Waals surface area contributed by atoms with Crippen molar-refractivity contribution in [2.75, 3.05) is 56.7 Å². The molecular formula is C20H24ClN5O2S. The van der Waals surface area contributed by atoms with Gasteiger partial charge in [-0.25, -0.2) is 4.98 Å². The molecule has 3 rings (SSSR count). The molecule has 0 aliphatic carbocycles. The van der Waals surface area contributed by atoms with Crippen LogP contribution in [0.5, 0.6) is 0 Å². The van der Waals surface area contributed by atoms with Crippen LogP contribution in [0.15, 0.2) is 18.2 Å².